The van der Waals surface area contributed by atoms with Crippen molar-refractivity contribution in [2.45, 2.75) is 83.3 Å². The van der Waals surface area contributed by atoms with Gasteiger partial charge in [-0.2, -0.15) is 0 Å². The summed E-state index contributed by atoms with van der Waals surface area (Å²) in [5, 5.41) is 8.04. The Bertz CT molecular complexity index is 971. The van der Waals surface area contributed by atoms with Crippen LogP contribution < -0.4 is 15.5 Å². The molecule has 0 saturated heterocycles. The number of thiophene rings is 1. The Morgan fingerprint density at radius 1 is 1.30 bits per heavy atom. The summed E-state index contributed by atoms with van der Waals surface area (Å²) in [6.45, 7) is 4.14. The summed E-state index contributed by atoms with van der Waals surface area (Å²) in [4.78, 5) is 32.5. The summed E-state index contributed by atoms with van der Waals surface area (Å²) in [6.07, 6.45) is 10.8. The molecule has 2 heterocycles. The van der Waals surface area contributed by atoms with Crippen LogP contribution in [0.2, 0.25) is 5.02 Å². The van der Waals surface area contributed by atoms with Crippen LogP contribution in [-0.2, 0) is 16.0 Å². The van der Waals surface area contributed by atoms with E-state index in [0.717, 1.165) is 66.2 Å². The molecule has 2 aliphatic carbocycles. The van der Waals surface area contributed by atoms with E-state index >= 15 is 0 Å². The fraction of sp³-hybridized carbons (Fsp3) is 0.560. The minimum absolute atomic E-state index is 0.0105. The number of amides is 2. The van der Waals surface area contributed by atoms with Crippen LogP contribution in [0.3, 0.4) is 0 Å². The van der Waals surface area contributed by atoms with Gasteiger partial charge in [-0.05, 0) is 56.7 Å². The van der Waals surface area contributed by atoms with Gasteiger partial charge < -0.3 is 10.6 Å². The molecule has 2 saturated carbocycles. The van der Waals surface area contributed by atoms with Gasteiger partial charge in [-0.25, -0.2) is 0 Å². The predicted octanol–water partition coefficient (Wildman–Crippen LogP) is 5.72. The normalized spacial score (nSPS) is 18.0. The first-order valence-corrected chi connectivity index (χ1v) is 13.2. The van der Waals surface area contributed by atoms with E-state index in [-0.39, 0.29) is 18.0 Å². The number of carbonyl (C=O) groups is 2. The molecule has 178 valence electrons. The lowest BCUT2D eigenvalue weighted by atomic mass is 9.97. The number of hydrogen-bond donors (Lipinski definition) is 2. The zero-order valence-electron chi connectivity index (χ0n) is 19.4. The smallest absolute Gasteiger partial charge is 0.243 e. The Hall–Kier alpha value is -2.12. The Morgan fingerprint density at radius 3 is 2.73 bits per heavy atom. The van der Waals surface area contributed by atoms with Crippen molar-refractivity contribution in [2.24, 2.45) is 5.92 Å². The minimum atomic E-state index is -0.454. The first-order valence-electron chi connectivity index (χ1n) is 12.0. The molecule has 0 bridgehead atoms. The highest BCUT2D eigenvalue weighted by Gasteiger charge is 2.34. The van der Waals surface area contributed by atoms with Crippen molar-refractivity contribution in [3.8, 4) is 0 Å². The van der Waals surface area contributed by atoms with E-state index in [9.17, 15) is 9.59 Å². The summed E-state index contributed by atoms with van der Waals surface area (Å²) < 4.78 is 0. The van der Waals surface area contributed by atoms with Crippen molar-refractivity contribution in [2.75, 3.05) is 10.2 Å². The van der Waals surface area contributed by atoms with Crippen LogP contribution >= 0.6 is 22.9 Å². The molecule has 0 unspecified atom stereocenters. The molecular weight excluding hydrogens is 456 g/mol. The number of aromatic nitrogens is 1. The molecule has 0 aromatic carbocycles. The van der Waals surface area contributed by atoms with Gasteiger partial charge in [0, 0.05) is 17.1 Å². The van der Waals surface area contributed by atoms with Crippen molar-refractivity contribution >= 4 is 45.9 Å². The Balaban J connectivity index is 1.51. The molecule has 2 aromatic rings. The van der Waals surface area contributed by atoms with Gasteiger partial charge in [0.2, 0.25) is 12.3 Å². The standard InChI is InChI=1S/C25H33ClN4O2S/c1-3-20-21(13-18(26)14-27-20)28-16(2)23-10-11-24(33-23)30(15-31)22(12-17-6-4-5-7-17)25(32)29-19-8-9-19/h10-11,13-17,19,22,28H,3-9,12H2,1-2H3,(H,29,32)/t16-,22+/m1/s1. The van der Waals surface area contributed by atoms with Crippen LogP contribution in [0.15, 0.2) is 24.4 Å². The molecule has 0 aliphatic heterocycles. The van der Waals surface area contributed by atoms with Gasteiger partial charge in [0.05, 0.1) is 27.4 Å². The van der Waals surface area contributed by atoms with E-state index in [2.05, 4.69) is 29.5 Å². The number of pyridine rings is 1. The van der Waals surface area contributed by atoms with Crippen LogP contribution in [0.25, 0.3) is 0 Å². The Morgan fingerprint density at radius 2 is 2.06 bits per heavy atom. The first-order chi connectivity index (χ1) is 16.0. The predicted molar refractivity (Wildman–Crippen MR) is 135 cm³/mol. The van der Waals surface area contributed by atoms with Crippen molar-refractivity contribution in [1.29, 1.82) is 0 Å². The summed E-state index contributed by atoms with van der Waals surface area (Å²) in [5.74, 6) is 0.487. The second kappa shape index (κ2) is 10.9. The molecule has 0 radical (unpaired) electrons. The van der Waals surface area contributed by atoms with Gasteiger partial charge in [-0.1, -0.05) is 44.2 Å². The zero-order chi connectivity index (χ0) is 23.4. The topological polar surface area (TPSA) is 74.3 Å². The Kier molecular flexibility index (Phi) is 7.91. The molecule has 2 atom stereocenters. The largest absolute Gasteiger partial charge is 0.376 e. The Labute approximate surface area is 205 Å². The van der Waals surface area contributed by atoms with Crippen LogP contribution in [-0.4, -0.2) is 29.4 Å². The lowest BCUT2D eigenvalue weighted by Crippen LogP contribution is -2.48. The van der Waals surface area contributed by atoms with E-state index < -0.39 is 6.04 Å². The molecule has 0 spiro atoms. The zero-order valence-corrected chi connectivity index (χ0v) is 20.9. The molecule has 2 aliphatic rings. The molecule has 6 nitrogen and oxygen atoms in total. The van der Waals surface area contributed by atoms with E-state index in [0.29, 0.717) is 10.9 Å². The fourth-order valence-corrected chi connectivity index (χ4v) is 5.79. The van der Waals surface area contributed by atoms with Crippen LogP contribution in [0.5, 0.6) is 0 Å². The number of aryl methyl sites for hydroxylation is 1. The van der Waals surface area contributed by atoms with Crippen molar-refractivity contribution in [3.63, 3.8) is 0 Å². The molecule has 33 heavy (non-hydrogen) atoms. The van der Waals surface area contributed by atoms with E-state index in [1.54, 1.807) is 22.4 Å². The molecule has 2 N–H and O–H groups in total. The van der Waals surface area contributed by atoms with Crippen molar-refractivity contribution < 1.29 is 9.59 Å². The molecule has 4 rings (SSSR count). The maximum absolute atomic E-state index is 13.1. The van der Waals surface area contributed by atoms with Crippen LogP contribution in [0, 0.1) is 5.92 Å². The summed E-state index contributed by atoms with van der Waals surface area (Å²) in [6, 6.07) is 5.72. The summed E-state index contributed by atoms with van der Waals surface area (Å²) >= 11 is 7.71. The SMILES string of the molecule is CCc1ncc(Cl)cc1N[C@H](C)c1ccc(N(C=O)[C@@H](CC2CCCC2)C(=O)NC2CC2)s1. The average Bonchev–Trinajstić information content (AvgIpc) is 3.25. The number of carbonyl (C=O) groups excluding carboxylic acids is 2. The monoisotopic (exact) mass is 488 g/mol. The summed E-state index contributed by atoms with van der Waals surface area (Å²) in [7, 11) is 0. The lowest BCUT2D eigenvalue weighted by molar-refractivity contribution is -0.124. The highest BCUT2D eigenvalue weighted by Crippen LogP contribution is 2.36. The van der Waals surface area contributed by atoms with E-state index in [1.807, 2.05) is 18.2 Å². The number of rotatable bonds is 11. The van der Waals surface area contributed by atoms with Crippen LogP contribution in [0.1, 0.15) is 75.4 Å². The number of hydrogen-bond acceptors (Lipinski definition) is 5. The minimum Gasteiger partial charge on any atom is -0.376 e. The van der Waals surface area contributed by atoms with Gasteiger partial charge in [-0.3, -0.25) is 19.5 Å². The number of halogens is 1. The molecule has 8 heteroatoms. The fourth-order valence-electron chi connectivity index (χ4n) is 4.61. The third-order valence-electron chi connectivity index (χ3n) is 6.64. The molecule has 2 aromatic heterocycles. The number of anilines is 2. The lowest BCUT2D eigenvalue weighted by Gasteiger charge is -2.28. The van der Waals surface area contributed by atoms with E-state index in [4.69, 9.17) is 11.6 Å². The first kappa shape index (κ1) is 24.0. The second-order valence-electron chi connectivity index (χ2n) is 9.24. The van der Waals surface area contributed by atoms with Gasteiger partial charge in [-0.15, -0.1) is 11.3 Å². The van der Waals surface area contributed by atoms with Gasteiger partial charge in [0.15, 0.2) is 0 Å². The maximum atomic E-state index is 13.1. The van der Waals surface area contributed by atoms with Gasteiger partial charge in [0.25, 0.3) is 0 Å². The summed E-state index contributed by atoms with van der Waals surface area (Å²) in [5.41, 5.74) is 1.88. The molecule has 2 fully saturated rings. The third-order valence-corrected chi connectivity index (χ3v) is 8.13. The third kappa shape index (κ3) is 6.07. The molecule has 2 amide bonds. The average molecular weight is 489 g/mol. The highest BCUT2D eigenvalue weighted by atomic mass is 35.5. The van der Waals surface area contributed by atoms with Gasteiger partial charge >= 0.3 is 0 Å². The quantitative estimate of drug-likeness (QED) is 0.396. The second-order valence-corrected chi connectivity index (χ2v) is 10.8. The molecular formula is C25H33ClN4O2S. The highest BCUT2D eigenvalue weighted by molar-refractivity contribution is 7.16. The van der Waals surface area contributed by atoms with Crippen molar-refractivity contribution in [3.05, 3.63) is 40.0 Å². The maximum Gasteiger partial charge on any atom is 0.243 e. The number of nitrogens with one attached hydrogen (secondary N) is 2. The van der Waals surface area contributed by atoms with E-state index in [1.165, 1.54) is 12.8 Å². The van der Waals surface area contributed by atoms with Gasteiger partial charge in [0.1, 0.15) is 6.04 Å². The van der Waals surface area contributed by atoms with Crippen LogP contribution in [0.4, 0.5) is 10.7 Å². The van der Waals surface area contributed by atoms with Crippen molar-refractivity contribution in [1.82, 2.24) is 10.3 Å². The number of nitrogens with zero attached hydrogens (tertiary/aromatic N) is 2.